The van der Waals surface area contributed by atoms with Crippen LogP contribution in [0, 0.1) is 10.1 Å². The van der Waals surface area contributed by atoms with Gasteiger partial charge in [0.25, 0.3) is 5.69 Å². The summed E-state index contributed by atoms with van der Waals surface area (Å²) in [5.41, 5.74) is 0.0727. The first-order valence-electron chi connectivity index (χ1n) is 5.79. The lowest BCUT2D eigenvalue weighted by atomic mass is 10.1. The Morgan fingerprint density at radius 1 is 1.32 bits per heavy atom. The third-order valence-electron chi connectivity index (χ3n) is 2.60. The second-order valence-corrected chi connectivity index (χ2v) is 3.89. The maximum absolute atomic E-state index is 11.4. The van der Waals surface area contributed by atoms with Crippen molar-refractivity contribution in [2.75, 3.05) is 11.6 Å². The molecule has 0 atom stereocenters. The fourth-order valence-corrected chi connectivity index (χ4v) is 1.54. The van der Waals surface area contributed by atoms with E-state index < -0.39 is 16.5 Å². The number of nitrogens with zero attached hydrogens (tertiary/aromatic N) is 2. The Kier molecular flexibility index (Phi) is 5.13. The Hall–Kier alpha value is -2.28. The van der Waals surface area contributed by atoms with Gasteiger partial charge in [0.15, 0.2) is 11.6 Å². The van der Waals surface area contributed by atoms with E-state index in [1.54, 1.807) is 13.0 Å². The van der Waals surface area contributed by atoms with Crippen molar-refractivity contribution < 1.29 is 14.5 Å². The number of Topliss-reactive ketones (excluding diaryl/α,β-unsaturated/α-hetero) is 2. The third kappa shape index (κ3) is 3.85. The highest BCUT2D eigenvalue weighted by Gasteiger charge is 2.18. The molecule has 1 rings (SSSR count). The minimum atomic E-state index is -0.547. The topological polar surface area (TPSA) is 107 Å². The molecule has 0 aliphatic rings. The Bertz CT molecular complexity index is 502. The molecule has 2 N–H and O–H groups in total. The molecule has 0 spiro atoms. The molecule has 0 saturated heterocycles. The molecule has 0 bridgehead atoms. The normalized spacial score (nSPS) is 10.0. The van der Waals surface area contributed by atoms with Gasteiger partial charge in [0.2, 0.25) is 0 Å². The van der Waals surface area contributed by atoms with Crippen molar-refractivity contribution in [3.05, 3.63) is 34.4 Å². The summed E-state index contributed by atoms with van der Waals surface area (Å²) in [6.07, 6.45) is 0.0874. The van der Waals surface area contributed by atoms with E-state index in [-0.39, 0.29) is 30.8 Å². The number of hydrogen-bond donors (Lipinski definition) is 1. The van der Waals surface area contributed by atoms with Gasteiger partial charge in [-0.2, -0.15) is 0 Å². The number of rotatable bonds is 7. The predicted octanol–water partition coefficient (Wildman–Crippen LogP) is 1.21. The molecule has 0 heterocycles. The summed E-state index contributed by atoms with van der Waals surface area (Å²) < 4.78 is 0. The number of ketones is 2. The van der Waals surface area contributed by atoms with Gasteiger partial charge in [0.1, 0.15) is 5.69 Å². The van der Waals surface area contributed by atoms with Crippen molar-refractivity contribution in [3.8, 4) is 0 Å². The van der Waals surface area contributed by atoms with E-state index in [0.717, 1.165) is 5.01 Å². The summed E-state index contributed by atoms with van der Waals surface area (Å²) >= 11 is 0. The van der Waals surface area contributed by atoms with Crippen LogP contribution in [0.5, 0.6) is 0 Å². The molecule has 7 heteroatoms. The number of para-hydroxylation sites is 2. The number of nitro benzene ring substituents is 1. The number of hydrazine groups is 1. The van der Waals surface area contributed by atoms with Gasteiger partial charge in [-0.3, -0.25) is 19.7 Å². The van der Waals surface area contributed by atoms with E-state index >= 15 is 0 Å². The number of nitrogens with two attached hydrogens (primary N) is 1. The van der Waals surface area contributed by atoms with E-state index in [4.69, 9.17) is 5.84 Å². The molecular weight excluding hydrogens is 250 g/mol. The van der Waals surface area contributed by atoms with Gasteiger partial charge in [-0.05, 0) is 6.07 Å². The minimum Gasteiger partial charge on any atom is -0.304 e. The molecule has 19 heavy (non-hydrogen) atoms. The van der Waals surface area contributed by atoms with Crippen LogP contribution in [0.25, 0.3) is 0 Å². The number of nitro groups is 1. The maximum Gasteiger partial charge on any atom is 0.293 e. The number of carbonyl (C=O) groups excluding carboxylic acids is 2. The van der Waals surface area contributed by atoms with Crippen molar-refractivity contribution in [2.24, 2.45) is 5.84 Å². The molecule has 0 fully saturated rings. The molecule has 1 aromatic rings. The van der Waals surface area contributed by atoms with Crippen molar-refractivity contribution >= 4 is 22.9 Å². The molecule has 0 unspecified atom stereocenters. The zero-order valence-corrected chi connectivity index (χ0v) is 10.5. The minimum absolute atomic E-state index is 0.0510. The largest absolute Gasteiger partial charge is 0.304 e. The van der Waals surface area contributed by atoms with Crippen molar-refractivity contribution in [2.45, 2.75) is 19.8 Å². The molecule has 0 amide bonds. The zero-order chi connectivity index (χ0) is 14.4. The van der Waals surface area contributed by atoms with E-state index in [2.05, 4.69) is 0 Å². The Morgan fingerprint density at radius 2 is 1.95 bits per heavy atom. The van der Waals surface area contributed by atoms with Gasteiger partial charge in [-0.1, -0.05) is 19.1 Å². The summed E-state index contributed by atoms with van der Waals surface area (Å²) in [5.74, 6) is 4.71. The molecular formula is C12H15N3O4. The standard InChI is InChI=1S/C12H15N3O4/c1-2-11(16)12(17)7-8-14(13)9-5-3-4-6-10(9)15(18)19/h3-6H,2,7-8,13H2,1H3. The molecule has 0 radical (unpaired) electrons. The van der Waals surface area contributed by atoms with Crippen molar-refractivity contribution in [3.63, 3.8) is 0 Å². The van der Waals surface area contributed by atoms with Crippen LogP contribution in [0.2, 0.25) is 0 Å². The summed E-state index contributed by atoms with van der Waals surface area (Å²) in [6.45, 7) is 1.65. The highest BCUT2D eigenvalue weighted by molar-refractivity contribution is 6.37. The SMILES string of the molecule is CCC(=O)C(=O)CCN(N)c1ccccc1[N+](=O)[O-]. The lowest BCUT2D eigenvalue weighted by molar-refractivity contribution is -0.384. The van der Waals surface area contributed by atoms with Crippen molar-refractivity contribution in [1.29, 1.82) is 0 Å². The molecule has 0 aliphatic carbocycles. The van der Waals surface area contributed by atoms with Crippen LogP contribution in [0.15, 0.2) is 24.3 Å². The first kappa shape index (κ1) is 14.8. The van der Waals surface area contributed by atoms with Gasteiger partial charge in [0.05, 0.1) is 4.92 Å². The molecule has 0 aliphatic heterocycles. The first-order valence-corrected chi connectivity index (χ1v) is 5.79. The fourth-order valence-electron chi connectivity index (χ4n) is 1.54. The third-order valence-corrected chi connectivity index (χ3v) is 2.60. The smallest absolute Gasteiger partial charge is 0.293 e. The summed E-state index contributed by atoms with van der Waals surface area (Å²) in [6, 6.07) is 5.96. The summed E-state index contributed by atoms with van der Waals surface area (Å²) in [7, 11) is 0. The second kappa shape index (κ2) is 6.60. The van der Waals surface area contributed by atoms with Gasteiger partial charge in [-0.25, -0.2) is 5.84 Å². The van der Waals surface area contributed by atoms with Gasteiger partial charge < -0.3 is 5.01 Å². The monoisotopic (exact) mass is 265 g/mol. The van der Waals surface area contributed by atoms with Crippen LogP contribution in [0.4, 0.5) is 11.4 Å². The second-order valence-electron chi connectivity index (χ2n) is 3.89. The number of benzene rings is 1. The summed E-state index contributed by atoms with van der Waals surface area (Å²) in [5, 5.41) is 11.9. The van der Waals surface area contributed by atoms with Gasteiger partial charge in [-0.15, -0.1) is 0 Å². The van der Waals surface area contributed by atoms with Crippen LogP contribution in [-0.2, 0) is 9.59 Å². The fraction of sp³-hybridized carbons (Fsp3) is 0.333. The van der Waals surface area contributed by atoms with Crippen molar-refractivity contribution in [1.82, 2.24) is 0 Å². The van der Waals surface area contributed by atoms with E-state index in [0.29, 0.717) is 0 Å². The highest BCUT2D eigenvalue weighted by atomic mass is 16.6. The van der Waals surface area contributed by atoms with E-state index in [9.17, 15) is 19.7 Å². The number of hydrogen-bond acceptors (Lipinski definition) is 6. The lowest BCUT2D eigenvalue weighted by Gasteiger charge is -2.17. The lowest BCUT2D eigenvalue weighted by Crippen LogP contribution is -2.34. The van der Waals surface area contributed by atoms with Crippen LogP contribution >= 0.6 is 0 Å². The van der Waals surface area contributed by atoms with E-state index in [1.165, 1.54) is 18.2 Å². The Morgan fingerprint density at radius 3 is 2.53 bits per heavy atom. The van der Waals surface area contributed by atoms with Crippen LogP contribution in [0.3, 0.4) is 0 Å². The molecule has 1 aromatic carbocycles. The first-order chi connectivity index (χ1) is 8.97. The van der Waals surface area contributed by atoms with E-state index in [1.807, 2.05) is 0 Å². The molecule has 0 saturated carbocycles. The summed E-state index contributed by atoms with van der Waals surface area (Å²) in [4.78, 5) is 32.8. The van der Waals surface area contributed by atoms with Gasteiger partial charge in [0, 0.05) is 25.5 Å². The molecule has 7 nitrogen and oxygen atoms in total. The number of carbonyl (C=O) groups is 2. The number of anilines is 1. The van der Waals surface area contributed by atoms with Crippen LogP contribution in [-0.4, -0.2) is 23.0 Å². The average Bonchev–Trinajstić information content (AvgIpc) is 2.43. The Labute approximate surface area is 110 Å². The zero-order valence-electron chi connectivity index (χ0n) is 10.5. The van der Waals surface area contributed by atoms with Crippen LogP contribution < -0.4 is 10.9 Å². The maximum atomic E-state index is 11.4. The average molecular weight is 265 g/mol. The molecule has 0 aromatic heterocycles. The predicted molar refractivity (Wildman–Crippen MR) is 69.6 cm³/mol. The van der Waals surface area contributed by atoms with Crippen LogP contribution in [0.1, 0.15) is 19.8 Å². The molecule has 102 valence electrons. The quantitative estimate of drug-likeness (QED) is 0.344. The highest BCUT2D eigenvalue weighted by Crippen LogP contribution is 2.25. The Balaban J connectivity index is 2.74. The van der Waals surface area contributed by atoms with Gasteiger partial charge >= 0.3 is 0 Å².